The Bertz CT molecular complexity index is 1180. The Labute approximate surface area is 197 Å². The largest absolute Gasteiger partial charge is 0.497 e. The molecule has 0 bridgehead atoms. The summed E-state index contributed by atoms with van der Waals surface area (Å²) in [5, 5.41) is 1.22. The van der Waals surface area contributed by atoms with Gasteiger partial charge < -0.3 is 14.2 Å². The van der Waals surface area contributed by atoms with Crippen molar-refractivity contribution in [2.75, 3.05) is 20.3 Å². The van der Waals surface area contributed by atoms with Gasteiger partial charge >= 0.3 is 11.9 Å². The van der Waals surface area contributed by atoms with Crippen molar-refractivity contribution in [2.24, 2.45) is 5.92 Å². The summed E-state index contributed by atoms with van der Waals surface area (Å²) in [5.41, 5.74) is 2.30. The highest BCUT2D eigenvalue weighted by Crippen LogP contribution is 2.31. The van der Waals surface area contributed by atoms with E-state index in [1.165, 1.54) is 0 Å². The number of fused-ring (bicyclic) bond motifs is 1. The summed E-state index contributed by atoms with van der Waals surface area (Å²) in [6.07, 6.45) is -0.117. The topological polar surface area (TPSA) is 83.8 Å². The highest BCUT2D eigenvalue weighted by Gasteiger charge is 2.23. The number of halogens is 1. The molecule has 0 amide bonds. The molecule has 0 saturated carbocycles. The summed E-state index contributed by atoms with van der Waals surface area (Å²) in [6.45, 7) is 5.39. The molecule has 1 aromatic heterocycles. The van der Waals surface area contributed by atoms with E-state index in [0.717, 1.165) is 0 Å². The van der Waals surface area contributed by atoms with E-state index >= 15 is 0 Å². The zero-order valence-corrected chi connectivity index (χ0v) is 19.8. The van der Waals surface area contributed by atoms with Gasteiger partial charge in [-0.05, 0) is 60.9 Å². The molecule has 0 atom stereocenters. The molecule has 0 aliphatic carbocycles. The molecule has 7 nitrogen and oxygen atoms in total. The maximum Gasteiger partial charge on any atom is 0.344 e. The minimum absolute atomic E-state index is 0.117. The number of hydrogen-bond acceptors (Lipinski definition) is 6. The van der Waals surface area contributed by atoms with Crippen LogP contribution >= 0.6 is 11.6 Å². The standard InChI is InChI=1S/C25H26ClNO6/c1-15(2)13-32-24(29)14-33-23(28)12-20-16(3)27(22-10-9-19(31-4)11-21(20)22)25(30)17-5-7-18(26)8-6-17/h5-11,15H,12-14H2,1-4H3. The molecule has 0 unspecified atom stereocenters. The van der Waals surface area contributed by atoms with Gasteiger partial charge in [-0.1, -0.05) is 25.4 Å². The number of esters is 2. The molecule has 1 heterocycles. The van der Waals surface area contributed by atoms with E-state index in [1.54, 1.807) is 61.1 Å². The zero-order chi connectivity index (χ0) is 24.1. The number of rotatable bonds is 8. The fourth-order valence-electron chi connectivity index (χ4n) is 3.43. The predicted molar refractivity (Wildman–Crippen MR) is 125 cm³/mol. The van der Waals surface area contributed by atoms with Crippen LogP contribution in [-0.2, 0) is 25.5 Å². The fraction of sp³-hybridized carbons (Fsp3) is 0.320. The third kappa shape index (κ3) is 5.73. The third-order valence-electron chi connectivity index (χ3n) is 5.09. The zero-order valence-electron chi connectivity index (χ0n) is 19.0. The molecule has 0 spiro atoms. The summed E-state index contributed by atoms with van der Waals surface area (Å²) in [5.74, 6) is -0.676. The number of aromatic nitrogens is 1. The summed E-state index contributed by atoms with van der Waals surface area (Å²) in [7, 11) is 1.54. The van der Waals surface area contributed by atoms with Gasteiger partial charge in [0.1, 0.15) is 5.75 Å². The molecule has 0 aliphatic heterocycles. The van der Waals surface area contributed by atoms with Crippen molar-refractivity contribution in [3.8, 4) is 5.75 Å². The van der Waals surface area contributed by atoms with Crippen LogP contribution in [0.4, 0.5) is 0 Å². The van der Waals surface area contributed by atoms with Crippen molar-refractivity contribution in [3.05, 3.63) is 64.3 Å². The Hall–Kier alpha value is -3.32. The smallest absolute Gasteiger partial charge is 0.344 e. The van der Waals surface area contributed by atoms with Gasteiger partial charge in [-0.2, -0.15) is 0 Å². The van der Waals surface area contributed by atoms with Crippen molar-refractivity contribution < 1.29 is 28.6 Å². The third-order valence-corrected chi connectivity index (χ3v) is 5.34. The van der Waals surface area contributed by atoms with Gasteiger partial charge in [-0.15, -0.1) is 0 Å². The highest BCUT2D eigenvalue weighted by molar-refractivity contribution is 6.30. The van der Waals surface area contributed by atoms with Crippen LogP contribution in [0.2, 0.25) is 5.02 Å². The lowest BCUT2D eigenvalue weighted by atomic mass is 10.1. The highest BCUT2D eigenvalue weighted by atomic mass is 35.5. The normalized spacial score (nSPS) is 11.0. The van der Waals surface area contributed by atoms with E-state index in [4.69, 9.17) is 25.8 Å². The second-order valence-corrected chi connectivity index (χ2v) is 8.45. The Morgan fingerprint density at radius 2 is 1.70 bits per heavy atom. The molecule has 3 aromatic rings. The molecule has 33 heavy (non-hydrogen) atoms. The van der Waals surface area contributed by atoms with Crippen LogP contribution in [0.5, 0.6) is 5.75 Å². The maximum absolute atomic E-state index is 13.3. The molecular weight excluding hydrogens is 446 g/mol. The van der Waals surface area contributed by atoms with Crippen molar-refractivity contribution in [1.82, 2.24) is 4.57 Å². The average Bonchev–Trinajstić information content (AvgIpc) is 3.06. The Morgan fingerprint density at radius 3 is 2.33 bits per heavy atom. The van der Waals surface area contributed by atoms with Crippen LogP contribution in [0.25, 0.3) is 10.9 Å². The van der Waals surface area contributed by atoms with E-state index in [0.29, 0.717) is 38.5 Å². The minimum Gasteiger partial charge on any atom is -0.497 e. The number of carbonyl (C=O) groups is 3. The Kier molecular flexibility index (Phi) is 7.76. The number of carbonyl (C=O) groups excluding carboxylic acids is 3. The van der Waals surface area contributed by atoms with Crippen LogP contribution in [0, 0.1) is 12.8 Å². The number of methoxy groups -OCH3 is 1. The quantitative estimate of drug-likeness (QED) is 0.447. The summed E-state index contributed by atoms with van der Waals surface area (Å²) >= 11 is 5.95. The molecule has 0 saturated heterocycles. The van der Waals surface area contributed by atoms with Crippen molar-refractivity contribution >= 4 is 40.3 Å². The molecule has 3 rings (SSSR count). The first-order chi connectivity index (χ1) is 15.7. The van der Waals surface area contributed by atoms with Gasteiger partial charge in [0.25, 0.3) is 5.91 Å². The van der Waals surface area contributed by atoms with Crippen molar-refractivity contribution in [3.63, 3.8) is 0 Å². The monoisotopic (exact) mass is 471 g/mol. The van der Waals surface area contributed by atoms with E-state index < -0.39 is 18.5 Å². The van der Waals surface area contributed by atoms with Crippen LogP contribution in [0.15, 0.2) is 42.5 Å². The number of hydrogen-bond donors (Lipinski definition) is 0. The number of nitrogens with zero attached hydrogens (tertiary/aromatic N) is 1. The van der Waals surface area contributed by atoms with Gasteiger partial charge in [-0.3, -0.25) is 14.2 Å². The average molecular weight is 472 g/mol. The van der Waals surface area contributed by atoms with Crippen LogP contribution in [0.3, 0.4) is 0 Å². The SMILES string of the molecule is COc1ccc2c(c1)c(CC(=O)OCC(=O)OCC(C)C)c(C)n2C(=O)c1ccc(Cl)cc1. The van der Waals surface area contributed by atoms with Crippen LogP contribution in [0.1, 0.15) is 35.5 Å². The van der Waals surface area contributed by atoms with Gasteiger partial charge in [0.2, 0.25) is 0 Å². The van der Waals surface area contributed by atoms with Crippen molar-refractivity contribution in [1.29, 1.82) is 0 Å². The Balaban J connectivity index is 1.90. The predicted octanol–water partition coefficient (Wildman–Crippen LogP) is 4.59. The van der Waals surface area contributed by atoms with Crippen LogP contribution < -0.4 is 4.74 Å². The van der Waals surface area contributed by atoms with E-state index in [2.05, 4.69) is 0 Å². The molecule has 0 radical (unpaired) electrons. The second-order valence-electron chi connectivity index (χ2n) is 8.01. The summed E-state index contributed by atoms with van der Waals surface area (Å²) in [6, 6.07) is 11.9. The molecule has 0 aliphatic rings. The molecule has 2 aromatic carbocycles. The molecule has 0 fully saturated rings. The molecule has 0 N–H and O–H groups in total. The van der Waals surface area contributed by atoms with Gasteiger partial charge in [-0.25, -0.2) is 4.79 Å². The van der Waals surface area contributed by atoms with Gasteiger partial charge in [0, 0.05) is 21.7 Å². The first kappa shape index (κ1) is 24.3. The number of benzene rings is 2. The van der Waals surface area contributed by atoms with E-state index in [-0.39, 0.29) is 24.9 Å². The Morgan fingerprint density at radius 1 is 1.00 bits per heavy atom. The summed E-state index contributed by atoms with van der Waals surface area (Å²) < 4.78 is 17.0. The van der Waals surface area contributed by atoms with Gasteiger partial charge in [0.15, 0.2) is 6.61 Å². The van der Waals surface area contributed by atoms with Crippen LogP contribution in [-0.4, -0.2) is 42.7 Å². The molecule has 8 heteroatoms. The second kappa shape index (κ2) is 10.5. The minimum atomic E-state index is -0.601. The number of ether oxygens (including phenoxy) is 3. The fourth-order valence-corrected chi connectivity index (χ4v) is 3.56. The first-order valence-corrected chi connectivity index (χ1v) is 10.9. The lowest BCUT2D eigenvalue weighted by molar-refractivity contribution is -0.159. The first-order valence-electron chi connectivity index (χ1n) is 10.5. The molecular formula is C25H26ClNO6. The van der Waals surface area contributed by atoms with E-state index in [9.17, 15) is 14.4 Å². The lowest BCUT2D eigenvalue weighted by Gasteiger charge is -2.09. The lowest BCUT2D eigenvalue weighted by Crippen LogP contribution is -2.19. The molecule has 174 valence electrons. The van der Waals surface area contributed by atoms with E-state index in [1.807, 2.05) is 13.8 Å². The maximum atomic E-state index is 13.3. The van der Waals surface area contributed by atoms with Gasteiger partial charge in [0.05, 0.1) is 25.7 Å². The van der Waals surface area contributed by atoms with Crippen molar-refractivity contribution in [2.45, 2.75) is 27.2 Å². The summed E-state index contributed by atoms with van der Waals surface area (Å²) in [4.78, 5) is 37.6.